The number of rotatable bonds is 4. The van der Waals surface area contributed by atoms with Gasteiger partial charge in [-0.3, -0.25) is 0 Å². The van der Waals surface area contributed by atoms with Crippen molar-refractivity contribution >= 4 is 0 Å². The van der Waals surface area contributed by atoms with Gasteiger partial charge in [0.1, 0.15) is 5.82 Å². The van der Waals surface area contributed by atoms with Crippen LogP contribution >= 0.6 is 0 Å². The molecule has 0 spiro atoms. The molecular formula is C15H19FO2. The van der Waals surface area contributed by atoms with Crippen molar-refractivity contribution in [2.45, 2.75) is 24.9 Å². The zero-order chi connectivity index (χ0) is 13.2. The molecule has 3 unspecified atom stereocenters. The van der Waals surface area contributed by atoms with Gasteiger partial charge in [0.15, 0.2) is 0 Å². The van der Waals surface area contributed by atoms with Gasteiger partial charge in [0.25, 0.3) is 0 Å². The van der Waals surface area contributed by atoms with E-state index in [1.807, 2.05) is 13.0 Å². The summed E-state index contributed by atoms with van der Waals surface area (Å²) in [6.07, 6.45) is 2.21. The van der Waals surface area contributed by atoms with Gasteiger partial charge in [0.2, 0.25) is 0 Å². The van der Waals surface area contributed by atoms with Crippen molar-refractivity contribution in [3.8, 4) is 0 Å². The fourth-order valence-corrected chi connectivity index (χ4v) is 2.90. The summed E-state index contributed by atoms with van der Waals surface area (Å²) in [6.45, 7) is 6.16. The molecule has 0 saturated carbocycles. The number of halogens is 1. The maximum atomic E-state index is 14.1. The van der Waals surface area contributed by atoms with Crippen LogP contribution in [0.25, 0.3) is 0 Å². The molecule has 3 heteroatoms. The highest BCUT2D eigenvalue weighted by Crippen LogP contribution is 2.45. The molecule has 0 aromatic heterocycles. The van der Waals surface area contributed by atoms with Gasteiger partial charge in [0, 0.05) is 5.41 Å². The average molecular weight is 250 g/mol. The lowest BCUT2D eigenvalue weighted by Gasteiger charge is -2.33. The number of hydrogen-bond acceptors (Lipinski definition) is 2. The first kappa shape index (κ1) is 13.2. The van der Waals surface area contributed by atoms with Crippen LogP contribution < -0.4 is 0 Å². The summed E-state index contributed by atoms with van der Waals surface area (Å²) in [5, 5.41) is 9.31. The standard InChI is InChI=1S/C15H19FO2/c1-3-8-15(10-18-14(9-17)11(15)2)12-6-4-5-7-13(12)16/h3-7,11,14,17H,1,8-10H2,2H3. The van der Waals surface area contributed by atoms with Crippen molar-refractivity contribution in [3.05, 3.63) is 48.3 Å². The molecule has 1 aromatic rings. The second-order valence-electron chi connectivity index (χ2n) is 4.95. The molecule has 1 aliphatic heterocycles. The minimum atomic E-state index is -0.416. The molecule has 0 amide bonds. The van der Waals surface area contributed by atoms with Crippen LogP contribution in [0.4, 0.5) is 4.39 Å². The number of benzene rings is 1. The van der Waals surface area contributed by atoms with Crippen molar-refractivity contribution in [3.63, 3.8) is 0 Å². The van der Waals surface area contributed by atoms with Crippen LogP contribution in [0.5, 0.6) is 0 Å². The molecule has 0 aliphatic carbocycles. The molecule has 3 atom stereocenters. The van der Waals surface area contributed by atoms with Crippen LogP contribution in [0, 0.1) is 11.7 Å². The lowest BCUT2D eigenvalue weighted by molar-refractivity contribution is 0.0428. The van der Waals surface area contributed by atoms with Crippen molar-refractivity contribution < 1.29 is 14.2 Å². The van der Waals surface area contributed by atoms with Gasteiger partial charge in [-0.1, -0.05) is 31.2 Å². The van der Waals surface area contributed by atoms with Gasteiger partial charge in [-0.25, -0.2) is 4.39 Å². The molecule has 1 N–H and O–H groups in total. The molecule has 1 saturated heterocycles. The van der Waals surface area contributed by atoms with Crippen molar-refractivity contribution in [1.82, 2.24) is 0 Å². The topological polar surface area (TPSA) is 29.5 Å². The molecule has 18 heavy (non-hydrogen) atoms. The Labute approximate surface area is 107 Å². The van der Waals surface area contributed by atoms with Crippen LogP contribution in [-0.4, -0.2) is 24.4 Å². The van der Waals surface area contributed by atoms with Crippen LogP contribution in [-0.2, 0) is 10.2 Å². The molecule has 2 nitrogen and oxygen atoms in total. The van der Waals surface area contributed by atoms with Gasteiger partial charge in [-0.2, -0.15) is 0 Å². The van der Waals surface area contributed by atoms with E-state index in [9.17, 15) is 9.50 Å². The first-order chi connectivity index (χ1) is 8.65. The highest BCUT2D eigenvalue weighted by Gasteiger charge is 2.48. The molecule has 1 aliphatic rings. The van der Waals surface area contributed by atoms with E-state index in [1.165, 1.54) is 6.07 Å². The van der Waals surface area contributed by atoms with E-state index in [-0.39, 0.29) is 24.4 Å². The van der Waals surface area contributed by atoms with E-state index in [2.05, 4.69) is 6.58 Å². The lowest BCUT2D eigenvalue weighted by Crippen LogP contribution is -2.36. The Hall–Kier alpha value is -1.19. The predicted molar refractivity (Wildman–Crippen MR) is 68.9 cm³/mol. The van der Waals surface area contributed by atoms with Gasteiger partial charge in [-0.05, 0) is 24.0 Å². The number of ether oxygens (including phenoxy) is 1. The second-order valence-corrected chi connectivity index (χ2v) is 4.95. The first-order valence-electron chi connectivity index (χ1n) is 6.24. The SMILES string of the molecule is C=CCC1(c2ccccc2F)COC(CO)C1C. The Morgan fingerprint density at radius 1 is 1.56 bits per heavy atom. The number of aliphatic hydroxyl groups is 1. The number of aliphatic hydroxyl groups excluding tert-OH is 1. The Balaban J connectivity index is 2.46. The third-order valence-electron chi connectivity index (χ3n) is 4.08. The van der Waals surface area contributed by atoms with Gasteiger partial charge >= 0.3 is 0 Å². The van der Waals surface area contributed by atoms with Crippen molar-refractivity contribution in [2.75, 3.05) is 13.2 Å². The first-order valence-corrected chi connectivity index (χ1v) is 6.24. The fraction of sp³-hybridized carbons (Fsp3) is 0.467. The second kappa shape index (κ2) is 5.21. The summed E-state index contributed by atoms with van der Waals surface area (Å²) in [5.74, 6) is -0.161. The number of hydrogen-bond donors (Lipinski definition) is 1. The van der Waals surface area contributed by atoms with E-state index in [0.717, 1.165) is 0 Å². The Bertz CT molecular complexity index is 432. The normalized spacial score (nSPS) is 31.5. The average Bonchev–Trinajstić information content (AvgIpc) is 2.68. The minimum absolute atomic E-state index is 0.0332. The molecule has 98 valence electrons. The predicted octanol–water partition coefficient (Wildman–Crippen LogP) is 2.67. The molecular weight excluding hydrogens is 231 g/mol. The highest BCUT2D eigenvalue weighted by molar-refractivity contribution is 5.31. The van der Waals surface area contributed by atoms with E-state index < -0.39 is 5.41 Å². The Morgan fingerprint density at radius 3 is 2.83 bits per heavy atom. The van der Waals surface area contributed by atoms with E-state index in [1.54, 1.807) is 18.2 Å². The smallest absolute Gasteiger partial charge is 0.127 e. The maximum Gasteiger partial charge on any atom is 0.127 e. The quantitative estimate of drug-likeness (QED) is 0.832. The molecule has 1 heterocycles. The molecule has 1 fully saturated rings. The summed E-state index contributed by atoms with van der Waals surface area (Å²) in [7, 11) is 0. The monoisotopic (exact) mass is 250 g/mol. The van der Waals surface area contributed by atoms with E-state index in [0.29, 0.717) is 18.6 Å². The molecule has 2 rings (SSSR count). The minimum Gasteiger partial charge on any atom is -0.394 e. The van der Waals surface area contributed by atoms with Crippen molar-refractivity contribution in [2.24, 2.45) is 5.92 Å². The zero-order valence-electron chi connectivity index (χ0n) is 10.6. The Kier molecular flexibility index (Phi) is 3.83. The molecule has 1 aromatic carbocycles. The third kappa shape index (κ3) is 1.98. The van der Waals surface area contributed by atoms with Crippen LogP contribution in [0.1, 0.15) is 18.9 Å². The van der Waals surface area contributed by atoms with Crippen LogP contribution in [0.15, 0.2) is 36.9 Å². The van der Waals surface area contributed by atoms with Crippen LogP contribution in [0.3, 0.4) is 0 Å². The van der Waals surface area contributed by atoms with Gasteiger partial charge in [0.05, 0.1) is 19.3 Å². The summed E-state index contributed by atoms with van der Waals surface area (Å²) >= 11 is 0. The number of allylic oxidation sites excluding steroid dienone is 1. The van der Waals surface area contributed by atoms with E-state index in [4.69, 9.17) is 4.74 Å². The lowest BCUT2D eigenvalue weighted by atomic mass is 9.69. The van der Waals surface area contributed by atoms with Crippen molar-refractivity contribution in [1.29, 1.82) is 0 Å². The Morgan fingerprint density at radius 2 is 2.28 bits per heavy atom. The summed E-state index contributed by atoms with van der Waals surface area (Å²) in [4.78, 5) is 0. The van der Waals surface area contributed by atoms with Gasteiger partial charge in [-0.15, -0.1) is 6.58 Å². The fourth-order valence-electron chi connectivity index (χ4n) is 2.90. The highest BCUT2D eigenvalue weighted by atomic mass is 19.1. The van der Waals surface area contributed by atoms with Gasteiger partial charge < -0.3 is 9.84 Å². The summed E-state index contributed by atoms with van der Waals surface area (Å²) in [6, 6.07) is 6.80. The van der Waals surface area contributed by atoms with Crippen LogP contribution in [0.2, 0.25) is 0 Å². The largest absolute Gasteiger partial charge is 0.394 e. The summed E-state index contributed by atoms with van der Waals surface area (Å²) in [5.41, 5.74) is 0.244. The summed E-state index contributed by atoms with van der Waals surface area (Å²) < 4.78 is 19.7. The maximum absolute atomic E-state index is 14.1. The molecule has 0 bridgehead atoms. The van der Waals surface area contributed by atoms with E-state index >= 15 is 0 Å². The molecule has 0 radical (unpaired) electrons. The zero-order valence-corrected chi connectivity index (χ0v) is 10.6. The third-order valence-corrected chi connectivity index (χ3v) is 4.08.